The van der Waals surface area contributed by atoms with E-state index in [-0.39, 0.29) is 0 Å². The molecule has 0 spiro atoms. The summed E-state index contributed by atoms with van der Waals surface area (Å²) in [5.41, 5.74) is 0. The van der Waals surface area contributed by atoms with Gasteiger partial charge in [0.05, 0.1) is 0 Å². The second-order valence-corrected chi connectivity index (χ2v) is 3.64. The number of aromatic nitrogens is 1. The first kappa shape index (κ1) is 13.9. The summed E-state index contributed by atoms with van der Waals surface area (Å²) in [5, 5.41) is 16.7. The molecular weight excluding hydrogens is 200 g/mol. The van der Waals surface area contributed by atoms with Crippen LogP contribution in [-0.2, 0) is 6.54 Å². The predicted octanol–water partition coefficient (Wildman–Crippen LogP) is 1.56. The Kier molecular flexibility index (Phi) is 8.26. The van der Waals surface area contributed by atoms with Crippen molar-refractivity contribution in [2.45, 2.75) is 26.8 Å². The monoisotopic (exact) mass is 217 g/mol. The number of nitrogens with one attached hydrogen (secondary N) is 1. The van der Waals surface area contributed by atoms with Gasteiger partial charge in [-0.25, -0.2) is 9.88 Å². The Hall–Kier alpha value is -2.07. The molecule has 0 aliphatic rings. The average Bonchev–Trinajstić information content (AvgIpc) is 2.30. The minimum absolute atomic E-state index is 0.794. The second-order valence-electron chi connectivity index (χ2n) is 3.64. The fourth-order valence-electron chi connectivity index (χ4n) is 1.02. The highest BCUT2D eigenvalue weighted by atomic mass is 14.9. The number of nitrogens with zero attached hydrogens (tertiary/aromatic N) is 3. The van der Waals surface area contributed by atoms with Gasteiger partial charge in [-0.2, -0.15) is 10.5 Å². The van der Waals surface area contributed by atoms with Crippen LogP contribution in [0, 0.1) is 28.8 Å². The van der Waals surface area contributed by atoms with Crippen LogP contribution in [0.25, 0.3) is 0 Å². The number of pyridine rings is 1. The Morgan fingerprint density at radius 3 is 2.06 bits per heavy atom. The van der Waals surface area contributed by atoms with E-state index in [1.165, 1.54) is 18.8 Å². The van der Waals surface area contributed by atoms with Crippen LogP contribution >= 0.6 is 0 Å². The highest BCUT2D eigenvalue weighted by Crippen LogP contribution is 1.97. The van der Waals surface area contributed by atoms with Crippen LogP contribution in [0.3, 0.4) is 0 Å². The van der Waals surface area contributed by atoms with Gasteiger partial charge in [-0.05, 0) is 5.92 Å². The molecule has 0 atom stereocenters. The van der Waals surface area contributed by atoms with Crippen LogP contribution in [0.15, 0.2) is 30.6 Å². The van der Waals surface area contributed by atoms with Crippen LogP contribution in [0.1, 0.15) is 20.3 Å². The Labute approximate surface area is 96.8 Å². The van der Waals surface area contributed by atoms with Gasteiger partial charge in [0.15, 0.2) is 24.8 Å². The van der Waals surface area contributed by atoms with Gasteiger partial charge >= 0.3 is 0 Å². The molecule has 4 heteroatoms. The Balaban J connectivity index is 0.000000385. The second kappa shape index (κ2) is 9.48. The summed E-state index contributed by atoms with van der Waals surface area (Å²) in [6, 6.07) is 6.19. The summed E-state index contributed by atoms with van der Waals surface area (Å²) in [4.78, 5) is 0. The molecule has 0 unspecified atom stereocenters. The Morgan fingerprint density at radius 1 is 1.12 bits per heavy atom. The lowest BCUT2D eigenvalue weighted by molar-refractivity contribution is -0.698. The molecule has 1 rings (SSSR count). The first-order chi connectivity index (χ1) is 7.70. The summed E-state index contributed by atoms with van der Waals surface area (Å²) in [5.74, 6) is 0.794. The molecule has 0 fully saturated rings. The summed E-state index contributed by atoms with van der Waals surface area (Å²) in [6.45, 7) is 5.64. The molecular formula is C12H17N4+. The highest BCUT2D eigenvalue weighted by molar-refractivity contribution is 4.83. The summed E-state index contributed by atoms with van der Waals surface area (Å²) >= 11 is 0. The topological polar surface area (TPSA) is 63.5 Å². The van der Waals surface area contributed by atoms with Crippen molar-refractivity contribution < 1.29 is 4.57 Å². The van der Waals surface area contributed by atoms with Gasteiger partial charge in [-0.3, -0.25) is 0 Å². The first-order valence-electron chi connectivity index (χ1n) is 5.18. The zero-order valence-electron chi connectivity index (χ0n) is 9.72. The molecule has 0 saturated carbocycles. The number of rotatable bonds is 3. The molecule has 16 heavy (non-hydrogen) atoms. The van der Waals surface area contributed by atoms with E-state index in [4.69, 9.17) is 10.5 Å². The zero-order valence-corrected chi connectivity index (χ0v) is 9.72. The van der Waals surface area contributed by atoms with Gasteiger partial charge in [-0.15, -0.1) is 0 Å². The van der Waals surface area contributed by atoms with Crippen LogP contribution in [-0.4, -0.2) is 0 Å². The van der Waals surface area contributed by atoms with E-state index in [9.17, 15) is 0 Å². The third kappa shape index (κ3) is 8.52. The molecule has 0 bridgehead atoms. The summed E-state index contributed by atoms with van der Waals surface area (Å²) < 4.78 is 2.22. The van der Waals surface area contributed by atoms with E-state index in [0.717, 1.165) is 12.5 Å². The summed E-state index contributed by atoms with van der Waals surface area (Å²) in [6.07, 6.45) is 8.30. The molecule has 1 aromatic heterocycles. The molecule has 0 saturated heterocycles. The van der Waals surface area contributed by atoms with Gasteiger partial charge in [0.1, 0.15) is 6.54 Å². The van der Waals surface area contributed by atoms with Crippen LogP contribution in [0.4, 0.5) is 0 Å². The maximum absolute atomic E-state index is 7.48. The lowest BCUT2D eigenvalue weighted by Gasteiger charge is -1.99. The van der Waals surface area contributed by atoms with Crippen molar-refractivity contribution in [1.82, 2.24) is 5.32 Å². The maximum Gasteiger partial charge on any atom is 0.190 e. The molecule has 0 aliphatic carbocycles. The van der Waals surface area contributed by atoms with E-state index in [2.05, 4.69) is 42.9 Å². The first-order valence-corrected chi connectivity index (χ1v) is 5.18. The third-order valence-electron chi connectivity index (χ3n) is 1.85. The lowest BCUT2D eigenvalue weighted by Crippen LogP contribution is -2.32. The van der Waals surface area contributed by atoms with E-state index in [0.29, 0.717) is 0 Å². The number of hydrogen-bond donors (Lipinski definition) is 1. The quantitative estimate of drug-likeness (QED) is 0.474. The SMILES string of the molecule is CC(C)CC[n+]1ccccc1.N#CNC#N. The van der Waals surface area contributed by atoms with Gasteiger partial charge in [0.25, 0.3) is 0 Å². The van der Waals surface area contributed by atoms with Crippen molar-refractivity contribution >= 4 is 0 Å². The van der Waals surface area contributed by atoms with Gasteiger partial charge in [0, 0.05) is 18.6 Å². The van der Waals surface area contributed by atoms with Gasteiger partial charge in [0.2, 0.25) is 0 Å². The minimum Gasteiger partial charge on any atom is -0.229 e. The fraction of sp³-hybridized carbons (Fsp3) is 0.417. The standard InChI is InChI=1S/C10H16N.C2HN3/c1-10(2)6-9-11-7-4-3-5-8-11;3-1-5-2-4/h3-5,7-8,10H,6,9H2,1-2H3;5H/q+1;. The number of aryl methyl sites for hydroxylation is 1. The molecule has 1 heterocycles. The van der Waals surface area contributed by atoms with Crippen LogP contribution in [0.2, 0.25) is 0 Å². The number of nitriles is 2. The van der Waals surface area contributed by atoms with E-state index in [1.807, 2.05) is 6.07 Å². The highest BCUT2D eigenvalue weighted by Gasteiger charge is 1.99. The molecule has 4 nitrogen and oxygen atoms in total. The van der Waals surface area contributed by atoms with E-state index in [1.54, 1.807) is 5.32 Å². The van der Waals surface area contributed by atoms with Crippen molar-refractivity contribution in [3.63, 3.8) is 0 Å². The van der Waals surface area contributed by atoms with Gasteiger partial charge < -0.3 is 0 Å². The minimum atomic E-state index is 0.794. The molecule has 1 N–H and O–H groups in total. The Bertz CT molecular complexity index is 334. The Morgan fingerprint density at radius 2 is 1.69 bits per heavy atom. The average molecular weight is 217 g/mol. The molecule has 0 aromatic carbocycles. The largest absolute Gasteiger partial charge is 0.229 e. The molecule has 84 valence electrons. The third-order valence-corrected chi connectivity index (χ3v) is 1.85. The smallest absolute Gasteiger partial charge is 0.190 e. The van der Waals surface area contributed by atoms with Crippen LogP contribution in [0.5, 0.6) is 0 Å². The number of hydrogen-bond acceptors (Lipinski definition) is 3. The van der Waals surface area contributed by atoms with Crippen molar-refractivity contribution in [2.24, 2.45) is 5.92 Å². The van der Waals surface area contributed by atoms with Crippen molar-refractivity contribution in [2.75, 3.05) is 0 Å². The molecule has 0 aliphatic heterocycles. The van der Waals surface area contributed by atoms with Gasteiger partial charge in [-0.1, -0.05) is 19.9 Å². The molecule has 1 aromatic rings. The maximum atomic E-state index is 7.48. The normalized spacial score (nSPS) is 8.31. The van der Waals surface area contributed by atoms with Crippen LogP contribution < -0.4 is 9.88 Å². The zero-order chi connectivity index (χ0) is 12.2. The van der Waals surface area contributed by atoms with Crippen molar-refractivity contribution in [1.29, 1.82) is 10.5 Å². The predicted molar refractivity (Wildman–Crippen MR) is 60.5 cm³/mol. The molecule has 0 amide bonds. The van der Waals surface area contributed by atoms with Crippen molar-refractivity contribution in [3.05, 3.63) is 30.6 Å². The van der Waals surface area contributed by atoms with E-state index >= 15 is 0 Å². The van der Waals surface area contributed by atoms with Crippen molar-refractivity contribution in [3.8, 4) is 12.4 Å². The fourth-order valence-corrected chi connectivity index (χ4v) is 1.02. The van der Waals surface area contributed by atoms with E-state index < -0.39 is 0 Å². The molecule has 0 radical (unpaired) electrons. The summed E-state index contributed by atoms with van der Waals surface area (Å²) in [7, 11) is 0. The lowest BCUT2D eigenvalue weighted by atomic mass is 10.1.